The van der Waals surface area contributed by atoms with E-state index in [0.717, 1.165) is 5.56 Å². The average molecular weight is 217 g/mol. The van der Waals surface area contributed by atoms with E-state index in [0.29, 0.717) is 11.5 Å². The molecule has 4 N–H and O–H groups in total. The van der Waals surface area contributed by atoms with Crippen molar-refractivity contribution >= 4 is 0 Å². The molecule has 0 bridgehead atoms. The lowest BCUT2D eigenvalue weighted by molar-refractivity contribution is 0.475. The third kappa shape index (κ3) is 2.09. The van der Waals surface area contributed by atoms with Gasteiger partial charge in [-0.2, -0.15) is 0 Å². The highest BCUT2D eigenvalue weighted by atomic mass is 16.3. The molecular formula is C11H11N3O2. The maximum absolute atomic E-state index is 11.3. The predicted octanol–water partition coefficient (Wildman–Crippen LogP) is 0.601. The molecule has 0 atom stereocenters. The minimum atomic E-state index is -0.237. The molecule has 5 nitrogen and oxygen atoms in total. The lowest BCUT2D eigenvalue weighted by atomic mass is 10.1. The quantitative estimate of drug-likeness (QED) is 0.686. The van der Waals surface area contributed by atoms with Crippen molar-refractivity contribution in [2.24, 2.45) is 5.73 Å². The number of H-pyrrole nitrogens is 1. The summed E-state index contributed by atoms with van der Waals surface area (Å²) < 4.78 is 0. The van der Waals surface area contributed by atoms with E-state index in [1.165, 1.54) is 6.07 Å². The van der Waals surface area contributed by atoms with Crippen LogP contribution in [0.5, 0.6) is 5.75 Å². The zero-order valence-electron chi connectivity index (χ0n) is 8.47. The van der Waals surface area contributed by atoms with Crippen LogP contribution in [0.1, 0.15) is 5.82 Å². The van der Waals surface area contributed by atoms with Gasteiger partial charge >= 0.3 is 0 Å². The van der Waals surface area contributed by atoms with Gasteiger partial charge in [0, 0.05) is 11.6 Å². The van der Waals surface area contributed by atoms with Gasteiger partial charge < -0.3 is 15.8 Å². The summed E-state index contributed by atoms with van der Waals surface area (Å²) in [5.41, 5.74) is 6.49. The van der Waals surface area contributed by atoms with E-state index in [4.69, 9.17) is 10.8 Å². The van der Waals surface area contributed by atoms with E-state index < -0.39 is 0 Å². The van der Waals surface area contributed by atoms with E-state index in [1.807, 2.05) is 0 Å². The number of rotatable bonds is 2. The van der Waals surface area contributed by atoms with Gasteiger partial charge in [0.15, 0.2) is 0 Å². The molecule has 0 saturated heterocycles. The fourth-order valence-corrected chi connectivity index (χ4v) is 1.38. The summed E-state index contributed by atoms with van der Waals surface area (Å²) in [6, 6.07) is 7.86. The molecule has 1 heterocycles. The van der Waals surface area contributed by atoms with Crippen LogP contribution in [0.25, 0.3) is 11.3 Å². The topological polar surface area (TPSA) is 92.0 Å². The second-order valence-corrected chi connectivity index (χ2v) is 3.33. The van der Waals surface area contributed by atoms with Crippen LogP contribution in [0.2, 0.25) is 0 Å². The lowest BCUT2D eigenvalue weighted by Gasteiger charge is -2.02. The average Bonchev–Trinajstić information content (AvgIpc) is 2.29. The van der Waals surface area contributed by atoms with Crippen molar-refractivity contribution in [3.05, 3.63) is 46.5 Å². The maximum atomic E-state index is 11.3. The standard InChI is InChI=1S/C11H11N3O2/c12-6-10-13-9(5-11(16)14-10)7-1-3-8(15)4-2-7/h1-5,15H,6,12H2,(H,13,14,16). The lowest BCUT2D eigenvalue weighted by Crippen LogP contribution is -2.13. The molecule has 0 spiro atoms. The van der Waals surface area contributed by atoms with Gasteiger partial charge in [-0.15, -0.1) is 0 Å². The predicted molar refractivity (Wildman–Crippen MR) is 59.8 cm³/mol. The van der Waals surface area contributed by atoms with Gasteiger partial charge in [-0.25, -0.2) is 4.98 Å². The van der Waals surface area contributed by atoms with Crippen LogP contribution in [-0.4, -0.2) is 15.1 Å². The summed E-state index contributed by atoms with van der Waals surface area (Å²) in [4.78, 5) is 18.0. The zero-order chi connectivity index (χ0) is 11.5. The number of benzene rings is 1. The molecule has 2 aromatic rings. The number of hydrogen-bond acceptors (Lipinski definition) is 4. The number of aromatic amines is 1. The van der Waals surface area contributed by atoms with E-state index >= 15 is 0 Å². The second-order valence-electron chi connectivity index (χ2n) is 3.33. The minimum absolute atomic E-state index is 0.174. The molecule has 0 unspecified atom stereocenters. The molecule has 82 valence electrons. The minimum Gasteiger partial charge on any atom is -0.508 e. The summed E-state index contributed by atoms with van der Waals surface area (Å²) in [7, 11) is 0. The number of nitrogens with two attached hydrogens (primary N) is 1. The Morgan fingerprint density at radius 1 is 1.31 bits per heavy atom. The molecule has 16 heavy (non-hydrogen) atoms. The number of phenolic OH excluding ortho intramolecular Hbond substituents is 1. The largest absolute Gasteiger partial charge is 0.508 e. The van der Waals surface area contributed by atoms with Crippen LogP contribution in [0.15, 0.2) is 35.1 Å². The Kier molecular flexibility index (Phi) is 2.70. The molecule has 5 heteroatoms. The van der Waals surface area contributed by atoms with Crippen LogP contribution >= 0.6 is 0 Å². The number of nitrogens with one attached hydrogen (secondary N) is 1. The molecule has 2 rings (SSSR count). The van der Waals surface area contributed by atoms with Crippen LogP contribution in [0, 0.1) is 0 Å². The third-order valence-electron chi connectivity index (χ3n) is 2.15. The third-order valence-corrected chi connectivity index (χ3v) is 2.15. The normalized spacial score (nSPS) is 10.3. The Morgan fingerprint density at radius 2 is 2.00 bits per heavy atom. The van der Waals surface area contributed by atoms with E-state index in [1.54, 1.807) is 24.3 Å². The molecule has 0 aliphatic rings. The molecule has 0 aliphatic heterocycles. The molecule has 0 aliphatic carbocycles. The van der Waals surface area contributed by atoms with Crippen molar-refractivity contribution in [3.8, 4) is 17.0 Å². The summed E-state index contributed by atoms with van der Waals surface area (Å²) in [5.74, 6) is 0.614. The van der Waals surface area contributed by atoms with Gasteiger partial charge in [0.25, 0.3) is 5.56 Å². The van der Waals surface area contributed by atoms with E-state index in [2.05, 4.69) is 9.97 Å². The Morgan fingerprint density at radius 3 is 2.62 bits per heavy atom. The molecule has 0 amide bonds. The molecule has 1 aromatic carbocycles. The summed E-state index contributed by atoms with van der Waals surface area (Å²) >= 11 is 0. The first kappa shape index (κ1) is 10.4. The van der Waals surface area contributed by atoms with Gasteiger partial charge in [0.1, 0.15) is 11.6 Å². The first-order chi connectivity index (χ1) is 7.69. The number of phenols is 1. The van der Waals surface area contributed by atoms with E-state index in [9.17, 15) is 4.79 Å². The van der Waals surface area contributed by atoms with Gasteiger partial charge in [-0.05, 0) is 24.3 Å². The first-order valence-electron chi connectivity index (χ1n) is 4.79. The van der Waals surface area contributed by atoms with Gasteiger partial charge in [-0.3, -0.25) is 4.79 Å². The van der Waals surface area contributed by atoms with Crippen molar-refractivity contribution in [1.82, 2.24) is 9.97 Å². The molecule has 0 fully saturated rings. The van der Waals surface area contributed by atoms with Gasteiger partial charge in [-0.1, -0.05) is 0 Å². The number of aromatic nitrogens is 2. The number of hydrogen-bond donors (Lipinski definition) is 3. The van der Waals surface area contributed by atoms with Crippen LogP contribution in [0.4, 0.5) is 0 Å². The summed E-state index contributed by atoms with van der Waals surface area (Å²) in [5, 5.41) is 9.15. The molecule has 1 aromatic heterocycles. The van der Waals surface area contributed by atoms with Crippen LogP contribution in [0.3, 0.4) is 0 Å². The number of aromatic hydroxyl groups is 1. The molecule has 0 saturated carbocycles. The Bertz CT molecular complexity index is 546. The second kappa shape index (κ2) is 4.16. The van der Waals surface area contributed by atoms with Crippen molar-refractivity contribution in [2.45, 2.75) is 6.54 Å². The van der Waals surface area contributed by atoms with Crippen molar-refractivity contribution in [1.29, 1.82) is 0 Å². The highest BCUT2D eigenvalue weighted by Crippen LogP contribution is 2.18. The van der Waals surface area contributed by atoms with E-state index in [-0.39, 0.29) is 17.9 Å². The van der Waals surface area contributed by atoms with Crippen molar-refractivity contribution in [2.75, 3.05) is 0 Å². The van der Waals surface area contributed by atoms with Crippen LogP contribution in [-0.2, 0) is 6.54 Å². The SMILES string of the molecule is NCc1nc(-c2ccc(O)cc2)cc(=O)[nH]1. The highest BCUT2D eigenvalue weighted by Gasteiger charge is 2.02. The maximum Gasteiger partial charge on any atom is 0.251 e. The highest BCUT2D eigenvalue weighted by molar-refractivity contribution is 5.59. The Balaban J connectivity index is 2.51. The number of nitrogens with zero attached hydrogens (tertiary/aromatic N) is 1. The van der Waals surface area contributed by atoms with Crippen LogP contribution < -0.4 is 11.3 Å². The van der Waals surface area contributed by atoms with Gasteiger partial charge in [0.2, 0.25) is 0 Å². The monoisotopic (exact) mass is 217 g/mol. The van der Waals surface area contributed by atoms with Crippen molar-refractivity contribution < 1.29 is 5.11 Å². The van der Waals surface area contributed by atoms with Crippen molar-refractivity contribution in [3.63, 3.8) is 0 Å². The fourth-order valence-electron chi connectivity index (χ4n) is 1.38. The molecular weight excluding hydrogens is 206 g/mol. The Labute approximate surface area is 91.6 Å². The smallest absolute Gasteiger partial charge is 0.251 e. The van der Waals surface area contributed by atoms with Gasteiger partial charge in [0.05, 0.1) is 12.2 Å². The zero-order valence-corrected chi connectivity index (χ0v) is 8.47. The Hall–Kier alpha value is -2.14. The summed E-state index contributed by atoms with van der Waals surface area (Å²) in [6.45, 7) is 0.182. The summed E-state index contributed by atoms with van der Waals surface area (Å²) in [6.07, 6.45) is 0. The molecule has 0 radical (unpaired) electrons. The fraction of sp³-hybridized carbons (Fsp3) is 0.0909. The first-order valence-corrected chi connectivity index (χ1v) is 4.79.